The van der Waals surface area contributed by atoms with E-state index in [0.29, 0.717) is 0 Å². The number of Topliss-reactive ketones (excluding diaryl/α,β-unsaturated/α-hetero) is 1. The highest BCUT2D eigenvalue weighted by Crippen LogP contribution is 2.33. The van der Waals surface area contributed by atoms with E-state index in [4.69, 9.17) is 6.42 Å². The maximum Gasteiger partial charge on any atom is 0.299 e. The van der Waals surface area contributed by atoms with E-state index in [2.05, 4.69) is 5.92 Å². The second kappa shape index (κ2) is 3.98. The third kappa shape index (κ3) is 1.58. The Kier molecular flexibility index (Phi) is 2.64. The summed E-state index contributed by atoms with van der Waals surface area (Å²) in [6, 6.07) is 1.70. The first kappa shape index (κ1) is 11.3. The fourth-order valence-electron chi connectivity index (χ4n) is 1.74. The average molecular weight is 235 g/mol. The second-order valence-corrected chi connectivity index (χ2v) is 3.49. The number of carbonyl (C=O) groups is 2. The van der Waals surface area contributed by atoms with Crippen LogP contribution in [0.25, 0.3) is 0 Å². The van der Waals surface area contributed by atoms with Gasteiger partial charge in [-0.15, -0.1) is 12.3 Å². The van der Waals surface area contributed by atoms with E-state index in [0.717, 1.165) is 17.0 Å². The highest BCUT2D eigenvalue weighted by atomic mass is 19.1. The van der Waals surface area contributed by atoms with Gasteiger partial charge in [-0.3, -0.25) is 9.59 Å². The number of fused-ring (bicyclic) bond motifs is 1. The Morgan fingerprint density at radius 2 is 1.88 bits per heavy atom. The predicted molar refractivity (Wildman–Crippen MR) is 56.5 cm³/mol. The molecule has 1 aliphatic heterocycles. The van der Waals surface area contributed by atoms with Crippen molar-refractivity contribution in [2.24, 2.45) is 0 Å². The molecule has 0 fully saturated rings. The van der Waals surface area contributed by atoms with Crippen molar-refractivity contribution in [3.05, 3.63) is 29.3 Å². The molecule has 0 N–H and O–H groups in total. The molecular weight excluding hydrogens is 228 g/mol. The summed E-state index contributed by atoms with van der Waals surface area (Å²) in [5.41, 5.74) is -0.817. The van der Waals surface area contributed by atoms with Crippen LogP contribution < -0.4 is 4.90 Å². The van der Waals surface area contributed by atoms with Gasteiger partial charge in [-0.1, -0.05) is 0 Å². The lowest BCUT2D eigenvalue weighted by Crippen LogP contribution is -2.30. The van der Waals surface area contributed by atoms with Crippen LogP contribution in [0, 0.1) is 24.0 Å². The number of carbonyl (C=O) groups excluding carboxylic acids is 2. The van der Waals surface area contributed by atoms with Crippen LogP contribution in [0.2, 0.25) is 0 Å². The van der Waals surface area contributed by atoms with Crippen LogP contribution in [0.5, 0.6) is 0 Å². The lowest BCUT2D eigenvalue weighted by molar-refractivity contribution is -0.114. The standard InChI is InChI=1S/C12H7F2NO2/c1-2-3-6-15-10-8(14)5-4-7(13)9(10)11(16)12(15)17/h1,4-5H,3,6H2. The van der Waals surface area contributed by atoms with Gasteiger partial charge in [-0.2, -0.15) is 0 Å². The van der Waals surface area contributed by atoms with Crippen molar-refractivity contribution in [3.63, 3.8) is 0 Å². The first-order chi connectivity index (χ1) is 8.07. The van der Waals surface area contributed by atoms with Crippen molar-refractivity contribution in [1.82, 2.24) is 0 Å². The van der Waals surface area contributed by atoms with Crippen molar-refractivity contribution >= 4 is 17.4 Å². The van der Waals surface area contributed by atoms with E-state index >= 15 is 0 Å². The zero-order valence-corrected chi connectivity index (χ0v) is 8.67. The molecule has 1 aliphatic rings. The summed E-state index contributed by atoms with van der Waals surface area (Å²) in [5.74, 6) is -1.41. The fraction of sp³-hybridized carbons (Fsp3) is 0.167. The molecule has 0 unspecified atom stereocenters. The molecular formula is C12H7F2NO2. The monoisotopic (exact) mass is 235 g/mol. The van der Waals surface area contributed by atoms with Crippen LogP contribution in [-0.2, 0) is 4.79 Å². The second-order valence-electron chi connectivity index (χ2n) is 3.49. The summed E-state index contributed by atoms with van der Waals surface area (Å²) in [7, 11) is 0. The number of halogens is 2. The van der Waals surface area contributed by atoms with Gasteiger partial charge in [0.2, 0.25) is 0 Å². The van der Waals surface area contributed by atoms with Crippen LogP contribution in [0.4, 0.5) is 14.5 Å². The molecule has 5 heteroatoms. The van der Waals surface area contributed by atoms with Crippen LogP contribution in [0.3, 0.4) is 0 Å². The molecule has 0 saturated heterocycles. The number of hydrogen-bond acceptors (Lipinski definition) is 2. The highest BCUT2D eigenvalue weighted by Gasteiger charge is 2.40. The van der Waals surface area contributed by atoms with Crippen molar-refractivity contribution in [2.75, 3.05) is 11.4 Å². The van der Waals surface area contributed by atoms with Crippen molar-refractivity contribution in [1.29, 1.82) is 0 Å². The maximum atomic E-state index is 13.5. The third-order valence-electron chi connectivity index (χ3n) is 2.49. The van der Waals surface area contributed by atoms with Gasteiger partial charge in [-0.05, 0) is 12.1 Å². The molecule has 1 aromatic carbocycles. The topological polar surface area (TPSA) is 37.4 Å². The Balaban J connectivity index is 2.56. The summed E-state index contributed by atoms with van der Waals surface area (Å²) in [5, 5.41) is 0. The first-order valence-corrected chi connectivity index (χ1v) is 4.85. The van der Waals surface area contributed by atoms with E-state index in [9.17, 15) is 18.4 Å². The van der Waals surface area contributed by atoms with E-state index in [1.54, 1.807) is 0 Å². The molecule has 86 valence electrons. The highest BCUT2D eigenvalue weighted by molar-refractivity contribution is 6.52. The van der Waals surface area contributed by atoms with E-state index in [1.807, 2.05) is 0 Å². The average Bonchev–Trinajstić information content (AvgIpc) is 2.56. The molecule has 0 atom stereocenters. The van der Waals surface area contributed by atoms with Gasteiger partial charge >= 0.3 is 0 Å². The number of rotatable bonds is 2. The first-order valence-electron chi connectivity index (χ1n) is 4.85. The minimum absolute atomic E-state index is 0.00551. The van der Waals surface area contributed by atoms with Gasteiger partial charge in [0.1, 0.15) is 11.6 Å². The number of terminal acetylenes is 1. The number of nitrogens with zero attached hydrogens (tertiary/aromatic N) is 1. The normalized spacial score (nSPS) is 13.8. The smallest absolute Gasteiger partial charge is 0.299 e. The van der Waals surface area contributed by atoms with Crippen molar-refractivity contribution < 1.29 is 18.4 Å². The predicted octanol–water partition coefficient (Wildman–Crippen LogP) is 1.52. The molecule has 0 bridgehead atoms. The third-order valence-corrected chi connectivity index (χ3v) is 2.49. The van der Waals surface area contributed by atoms with E-state index < -0.39 is 28.9 Å². The zero-order valence-electron chi connectivity index (χ0n) is 8.67. The Labute approximate surface area is 96.0 Å². The lowest BCUT2D eigenvalue weighted by atomic mass is 10.1. The molecule has 17 heavy (non-hydrogen) atoms. The van der Waals surface area contributed by atoms with Crippen LogP contribution >= 0.6 is 0 Å². The zero-order chi connectivity index (χ0) is 12.6. The summed E-state index contributed by atoms with van der Waals surface area (Å²) in [6.07, 6.45) is 5.20. The maximum absolute atomic E-state index is 13.5. The summed E-state index contributed by atoms with van der Waals surface area (Å²) >= 11 is 0. The number of ketones is 1. The SMILES string of the molecule is C#CCCN1C(=O)C(=O)c2c(F)ccc(F)c21. The fourth-order valence-corrected chi connectivity index (χ4v) is 1.74. The quantitative estimate of drug-likeness (QED) is 0.575. The minimum atomic E-state index is -1.03. The molecule has 2 rings (SSSR count). The Morgan fingerprint density at radius 3 is 2.53 bits per heavy atom. The molecule has 0 aliphatic carbocycles. The van der Waals surface area contributed by atoms with E-state index in [-0.39, 0.29) is 18.7 Å². The van der Waals surface area contributed by atoms with Crippen LogP contribution in [0.15, 0.2) is 12.1 Å². The van der Waals surface area contributed by atoms with Crippen molar-refractivity contribution in [2.45, 2.75) is 6.42 Å². The van der Waals surface area contributed by atoms with Gasteiger partial charge in [0.05, 0.1) is 11.3 Å². The molecule has 0 aromatic heterocycles. The molecule has 0 radical (unpaired) electrons. The van der Waals surface area contributed by atoms with Gasteiger partial charge in [0.25, 0.3) is 11.7 Å². The van der Waals surface area contributed by atoms with Gasteiger partial charge in [0, 0.05) is 13.0 Å². The number of benzene rings is 1. The molecule has 3 nitrogen and oxygen atoms in total. The van der Waals surface area contributed by atoms with E-state index in [1.165, 1.54) is 0 Å². The Morgan fingerprint density at radius 1 is 1.24 bits per heavy atom. The summed E-state index contributed by atoms with van der Waals surface area (Å²) in [6.45, 7) is -0.00551. The molecule has 0 spiro atoms. The Hall–Kier alpha value is -2.22. The van der Waals surface area contributed by atoms with Crippen molar-refractivity contribution in [3.8, 4) is 12.3 Å². The summed E-state index contributed by atoms with van der Waals surface area (Å²) < 4.78 is 26.9. The van der Waals surface area contributed by atoms with Crippen LogP contribution in [-0.4, -0.2) is 18.2 Å². The molecule has 1 heterocycles. The minimum Gasteiger partial charge on any atom is -0.301 e. The van der Waals surface area contributed by atoms with Crippen LogP contribution in [0.1, 0.15) is 16.8 Å². The Bertz CT molecular complexity index is 560. The number of amides is 1. The lowest BCUT2D eigenvalue weighted by Gasteiger charge is -2.15. The number of anilines is 1. The molecule has 1 aromatic rings. The largest absolute Gasteiger partial charge is 0.301 e. The number of hydrogen-bond donors (Lipinski definition) is 0. The molecule has 0 saturated carbocycles. The van der Waals surface area contributed by atoms with Gasteiger partial charge in [0.15, 0.2) is 0 Å². The van der Waals surface area contributed by atoms with Gasteiger partial charge in [-0.25, -0.2) is 8.78 Å². The van der Waals surface area contributed by atoms with Gasteiger partial charge < -0.3 is 4.90 Å². The summed E-state index contributed by atoms with van der Waals surface area (Å²) in [4.78, 5) is 23.9. The molecule has 1 amide bonds.